The van der Waals surface area contributed by atoms with Crippen LogP contribution in [0.25, 0.3) is 15.7 Å². The zero-order valence-corrected chi connectivity index (χ0v) is 10.5. The molecular weight excluding hydrogens is 230 g/mol. The predicted octanol–water partition coefficient (Wildman–Crippen LogP) is 3.41. The number of aromatic nitrogens is 2. The van der Waals surface area contributed by atoms with Crippen molar-refractivity contribution in [1.29, 1.82) is 0 Å². The van der Waals surface area contributed by atoms with Crippen LogP contribution in [0.2, 0.25) is 0 Å². The van der Waals surface area contributed by atoms with E-state index in [1.54, 1.807) is 45.2 Å². The van der Waals surface area contributed by atoms with Crippen LogP contribution in [0.1, 0.15) is 20.8 Å². The predicted molar refractivity (Wildman–Crippen MR) is 69.3 cm³/mol. The van der Waals surface area contributed by atoms with Crippen LogP contribution in [0, 0.1) is 6.57 Å². The molecule has 0 unspecified atom stereocenters. The summed E-state index contributed by atoms with van der Waals surface area (Å²) in [5, 5.41) is 4.84. The van der Waals surface area contributed by atoms with Crippen LogP contribution in [0.15, 0.2) is 24.4 Å². The maximum atomic E-state index is 12.0. The molecule has 2 aromatic rings. The lowest BCUT2D eigenvalue weighted by atomic mass is 10.2. The van der Waals surface area contributed by atoms with Gasteiger partial charge in [-0.15, -0.1) is 0 Å². The van der Waals surface area contributed by atoms with Gasteiger partial charge < -0.3 is 4.74 Å². The van der Waals surface area contributed by atoms with E-state index in [2.05, 4.69) is 9.94 Å². The molecule has 0 fully saturated rings. The fourth-order valence-electron chi connectivity index (χ4n) is 1.54. The van der Waals surface area contributed by atoms with Crippen LogP contribution in [0.5, 0.6) is 0 Å². The number of hydrogen-bond donors (Lipinski definition) is 0. The summed E-state index contributed by atoms with van der Waals surface area (Å²) in [6, 6.07) is 5.24. The fourth-order valence-corrected chi connectivity index (χ4v) is 1.54. The molecule has 18 heavy (non-hydrogen) atoms. The summed E-state index contributed by atoms with van der Waals surface area (Å²) in [5.41, 5.74) is 0.634. The first-order valence-electron chi connectivity index (χ1n) is 5.53. The lowest BCUT2D eigenvalue weighted by Gasteiger charge is -2.19. The van der Waals surface area contributed by atoms with E-state index in [-0.39, 0.29) is 0 Å². The van der Waals surface area contributed by atoms with Gasteiger partial charge in [-0.05, 0) is 31.7 Å². The van der Waals surface area contributed by atoms with Crippen molar-refractivity contribution in [1.82, 2.24) is 9.78 Å². The van der Waals surface area contributed by atoms with Gasteiger partial charge in [0.15, 0.2) is 0 Å². The van der Waals surface area contributed by atoms with Crippen LogP contribution in [-0.2, 0) is 4.74 Å². The van der Waals surface area contributed by atoms with Gasteiger partial charge in [-0.25, -0.2) is 4.79 Å². The number of hydrogen-bond acceptors (Lipinski definition) is 3. The normalized spacial score (nSPS) is 11.2. The Bertz CT molecular complexity index is 644. The van der Waals surface area contributed by atoms with Gasteiger partial charge in [0.2, 0.25) is 0 Å². The minimum atomic E-state index is -0.564. The Balaban J connectivity index is 2.46. The molecule has 0 saturated heterocycles. The Hall–Kier alpha value is -2.35. The first-order chi connectivity index (χ1) is 8.40. The SMILES string of the molecule is C#[N+]c1ccc2cnn(C(=O)OC(C)(C)C)c2c1. The summed E-state index contributed by atoms with van der Waals surface area (Å²) in [6.45, 7) is 10.6. The van der Waals surface area contributed by atoms with Gasteiger partial charge in [0.05, 0.1) is 17.8 Å². The van der Waals surface area contributed by atoms with Crippen molar-refractivity contribution in [3.8, 4) is 6.57 Å². The maximum Gasteiger partial charge on any atom is 0.435 e. The van der Waals surface area contributed by atoms with E-state index in [1.165, 1.54) is 4.68 Å². The van der Waals surface area contributed by atoms with E-state index in [1.807, 2.05) is 0 Å². The highest BCUT2D eigenvalue weighted by molar-refractivity contribution is 5.89. The Kier molecular flexibility index (Phi) is 2.79. The van der Waals surface area contributed by atoms with Gasteiger partial charge in [0, 0.05) is 11.5 Å². The monoisotopic (exact) mass is 244 g/mol. The molecule has 5 nitrogen and oxygen atoms in total. The van der Waals surface area contributed by atoms with E-state index in [4.69, 9.17) is 11.3 Å². The number of nitrogens with zero attached hydrogens (tertiary/aromatic N) is 3. The minimum absolute atomic E-state index is 0.522. The third-order valence-corrected chi connectivity index (χ3v) is 2.27. The van der Waals surface area contributed by atoms with Crippen LogP contribution in [0.3, 0.4) is 0 Å². The Morgan fingerprint density at radius 1 is 1.44 bits per heavy atom. The molecule has 92 valence electrons. The molecule has 1 heterocycles. The van der Waals surface area contributed by atoms with Crippen LogP contribution in [0.4, 0.5) is 10.5 Å². The van der Waals surface area contributed by atoms with Gasteiger partial charge in [0.25, 0.3) is 6.57 Å². The van der Waals surface area contributed by atoms with Gasteiger partial charge in [-0.3, -0.25) is 0 Å². The summed E-state index contributed by atoms with van der Waals surface area (Å²) < 4.78 is 6.47. The topological polar surface area (TPSA) is 48.5 Å². The summed E-state index contributed by atoms with van der Waals surface area (Å²) in [4.78, 5) is 15.5. The highest BCUT2D eigenvalue weighted by atomic mass is 16.6. The molecule has 1 aromatic heterocycles. The number of carbonyl (C=O) groups is 1. The Morgan fingerprint density at radius 2 is 2.17 bits per heavy atom. The average molecular weight is 244 g/mol. The van der Waals surface area contributed by atoms with E-state index in [9.17, 15) is 4.79 Å². The van der Waals surface area contributed by atoms with Crippen LogP contribution in [-0.4, -0.2) is 21.5 Å². The number of ether oxygens (including phenoxy) is 1. The summed E-state index contributed by atoms with van der Waals surface area (Å²) >= 11 is 0. The summed E-state index contributed by atoms with van der Waals surface area (Å²) in [5.74, 6) is 0. The smallest absolute Gasteiger partial charge is 0.435 e. The molecule has 0 bridgehead atoms. The third kappa shape index (κ3) is 2.33. The van der Waals surface area contributed by atoms with Crippen molar-refractivity contribution in [2.75, 3.05) is 0 Å². The zero-order chi connectivity index (χ0) is 13.3. The lowest BCUT2D eigenvalue weighted by molar-refractivity contribution is 0.0523. The molecule has 0 amide bonds. The number of benzene rings is 1. The van der Waals surface area contributed by atoms with E-state index in [0.29, 0.717) is 11.2 Å². The first kappa shape index (κ1) is 12.1. The molecule has 0 atom stereocenters. The van der Waals surface area contributed by atoms with Gasteiger partial charge in [-0.2, -0.15) is 9.78 Å². The summed E-state index contributed by atoms with van der Waals surface area (Å²) in [6.07, 6.45) is 1.08. The van der Waals surface area contributed by atoms with Crippen molar-refractivity contribution >= 4 is 22.7 Å². The number of carbonyl (C=O) groups excluding carboxylic acids is 1. The average Bonchev–Trinajstić information content (AvgIpc) is 2.69. The van der Waals surface area contributed by atoms with Crippen LogP contribution >= 0.6 is 0 Å². The minimum Gasteiger partial charge on any atom is -0.442 e. The zero-order valence-electron chi connectivity index (χ0n) is 10.5. The molecule has 0 spiro atoms. The van der Waals surface area contributed by atoms with E-state index in [0.717, 1.165) is 5.39 Å². The highest BCUT2D eigenvalue weighted by Crippen LogP contribution is 2.21. The van der Waals surface area contributed by atoms with Crippen molar-refractivity contribution in [2.24, 2.45) is 0 Å². The lowest BCUT2D eigenvalue weighted by Crippen LogP contribution is -2.27. The van der Waals surface area contributed by atoms with E-state index < -0.39 is 11.7 Å². The number of fused-ring (bicyclic) bond motifs is 1. The fraction of sp³-hybridized carbons (Fsp3) is 0.308. The molecular formula is C13H14N3O2+. The summed E-state index contributed by atoms with van der Waals surface area (Å²) in [7, 11) is 0. The second-order valence-electron chi connectivity index (χ2n) is 4.91. The maximum absolute atomic E-state index is 12.0. The van der Waals surface area contributed by atoms with Crippen molar-refractivity contribution in [2.45, 2.75) is 26.4 Å². The molecule has 2 rings (SSSR count). The largest absolute Gasteiger partial charge is 0.442 e. The second-order valence-corrected chi connectivity index (χ2v) is 4.91. The highest BCUT2D eigenvalue weighted by Gasteiger charge is 2.20. The Labute approximate surface area is 105 Å². The molecule has 1 aromatic carbocycles. The second kappa shape index (κ2) is 4.15. The van der Waals surface area contributed by atoms with Crippen molar-refractivity contribution in [3.63, 3.8) is 0 Å². The van der Waals surface area contributed by atoms with Crippen molar-refractivity contribution in [3.05, 3.63) is 29.2 Å². The van der Waals surface area contributed by atoms with E-state index >= 15 is 0 Å². The molecule has 0 aliphatic rings. The molecule has 0 aliphatic heterocycles. The molecule has 0 aliphatic carbocycles. The first-order valence-corrected chi connectivity index (χ1v) is 5.53. The standard InChI is InChI=1S/C13H14N3O2/c1-13(2,3)18-12(17)16-11-7-10(14-4)6-5-9(11)8-15-16/h4-8H,1-3H3/q+1. The van der Waals surface area contributed by atoms with Crippen LogP contribution < -0.4 is 0 Å². The van der Waals surface area contributed by atoms with Gasteiger partial charge >= 0.3 is 11.8 Å². The quantitative estimate of drug-likeness (QED) is 0.713. The van der Waals surface area contributed by atoms with Gasteiger partial charge in [0.1, 0.15) is 5.60 Å². The van der Waals surface area contributed by atoms with Crippen molar-refractivity contribution < 1.29 is 9.53 Å². The van der Waals surface area contributed by atoms with Gasteiger partial charge in [-0.1, -0.05) is 0 Å². The molecule has 0 saturated carbocycles. The molecule has 5 heteroatoms. The molecule has 0 radical (unpaired) electrons. The molecule has 0 N–H and O–H groups in total. The third-order valence-electron chi connectivity index (χ3n) is 2.27. The number of rotatable bonds is 0. The Morgan fingerprint density at radius 3 is 2.78 bits per heavy atom.